The first-order valence-corrected chi connectivity index (χ1v) is 8.56. The van der Waals surface area contributed by atoms with Gasteiger partial charge in [-0.15, -0.1) is 0 Å². The largest absolute Gasteiger partial charge is 0.481 e. The molecule has 0 bridgehead atoms. The second-order valence-corrected chi connectivity index (χ2v) is 7.64. The average molecular weight is 311 g/mol. The molecule has 116 valence electrons. The van der Waals surface area contributed by atoms with Gasteiger partial charge in [0.05, 0.1) is 10.3 Å². The van der Waals surface area contributed by atoms with E-state index >= 15 is 0 Å². The fourth-order valence-corrected chi connectivity index (χ4v) is 4.50. The van der Waals surface area contributed by atoms with E-state index in [9.17, 15) is 18.3 Å². The summed E-state index contributed by atoms with van der Waals surface area (Å²) in [5, 5.41) is 9.47. The van der Waals surface area contributed by atoms with Gasteiger partial charge in [0.1, 0.15) is 0 Å². The zero-order valence-corrected chi connectivity index (χ0v) is 13.2. The van der Waals surface area contributed by atoms with Crippen LogP contribution in [0.1, 0.15) is 31.7 Å². The number of sulfonamides is 1. The first kappa shape index (κ1) is 16.0. The standard InChI is InChI=1S/C15H21NO4S/c1-3-15(14(17)18)8-5-9-16(11-15)21(19,20)13-7-4-6-12(2)10-13/h4,6-7,10H,3,5,8-9,11H2,1-2H3,(H,17,18). The predicted octanol–water partition coefficient (Wildman–Crippen LogP) is 2.26. The van der Waals surface area contributed by atoms with Crippen LogP contribution in [-0.2, 0) is 14.8 Å². The second kappa shape index (κ2) is 5.77. The van der Waals surface area contributed by atoms with E-state index in [2.05, 4.69) is 0 Å². The molecule has 1 N–H and O–H groups in total. The number of benzene rings is 1. The van der Waals surface area contributed by atoms with Crippen molar-refractivity contribution in [1.82, 2.24) is 4.31 Å². The minimum Gasteiger partial charge on any atom is -0.481 e. The molecule has 1 atom stereocenters. The highest BCUT2D eigenvalue weighted by Gasteiger charge is 2.44. The van der Waals surface area contributed by atoms with Crippen LogP contribution in [-0.4, -0.2) is 36.9 Å². The zero-order chi connectivity index (χ0) is 15.7. The van der Waals surface area contributed by atoms with Crippen LogP contribution in [0.4, 0.5) is 0 Å². The molecular formula is C15H21NO4S. The van der Waals surface area contributed by atoms with Crippen molar-refractivity contribution in [3.05, 3.63) is 29.8 Å². The maximum Gasteiger partial charge on any atom is 0.310 e. The summed E-state index contributed by atoms with van der Waals surface area (Å²) in [6.45, 7) is 4.07. The zero-order valence-electron chi connectivity index (χ0n) is 12.4. The quantitative estimate of drug-likeness (QED) is 0.925. The van der Waals surface area contributed by atoms with Gasteiger partial charge in [-0.1, -0.05) is 19.1 Å². The molecule has 2 rings (SSSR count). The number of hydrogen-bond acceptors (Lipinski definition) is 3. The Labute approximate surface area is 125 Å². The lowest BCUT2D eigenvalue weighted by molar-refractivity contribution is -0.151. The van der Waals surface area contributed by atoms with Crippen LogP contribution in [0, 0.1) is 12.3 Å². The smallest absolute Gasteiger partial charge is 0.310 e. The van der Waals surface area contributed by atoms with Gasteiger partial charge >= 0.3 is 5.97 Å². The summed E-state index contributed by atoms with van der Waals surface area (Å²) in [6, 6.07) is 6.73. The van der Waals surface area contributed by atoms with Crippen molar-refractivity contribution in [3.63, 3.8) is 0 Å². The third kappa shape index (κ3) is 2.96. The SMILES string of the molecule is CCC1(C(=O)O)CCCN(S(=O)(=O)c2cccc(C)c2)C1. The molecule has 1 aromatic rings. The van der Waals surface area contributed by atoms with Crippen LogP contribution < -0.4 is 0 Å². The van der Waals surface area contributed by atoms with E-state index in [1.165, 1.54) is 4.31 Å². The number of carbonyl (C=O) groups is 1. The van der Waals surface area contributed by atoms with E-state index < -0.39 is 21.4 Å². The van der Waals surface area contributed by atoms with Crippen molar-refractivity contribution in [1.29, 1.82) is 0 Å². The number of aryl methyl sites for hydroxylation is 1. The van der Waals surface area contributed by atoms with E-state index in [-0.39, 0.29) is 11.4 Å². The minimum absolute atomic E-state index is 0.0507. The normalized spacial score (nSPS) is 23.9. The fourth-order valence-electron chi connectivity index (χ4n) is 2.83. The first-order chi connectivity index (χ1) is 9.82. The maximum absolute atomic E-state index is 12.7. The highest BCUT2D eigenvalue weighted by molar-refractivity contribution is 7.89. The number of hydrogen-bond donors (Lipinski definition) is 1. The molecule has 0 amide bonds. The highest BCUT2D eigenvalue weighted by atomic mass is 32.2. The number of rotatable bonds is 4. The van der Waals surface area contributed by atoms with Crippen LogP contribution in [0.25, 0.3) is 0 Å². The van der Waals surface area contributed by atoms with Gasteiger partial charge < -0.3 is 5.11 Å². The lowest BCUT2D eigenvalue weighted by Crippen LogP contribution is -2.49. The molecule has 0 radical (unpaired) electrons. The molecule has 0 saturated carbocycles. The van der Waals surface area contributed by atoms with Crippen LogP contribution in [0.15, 0.2) is 29.2 Å². The van der Waals surface area contributed by atoms with Crippen molar-refractivity contribution in [3.8, 4) is 0 Å². The molecule has 1 fully saturated rings. The summed E-state index contributed by atoms with van der Waals surface area (Å²) in [6.07, 6.45) is 1.53. The summed E-state index contributed by atoms with van der Waals surface area (Å²) in [5.41, 5.74) is -0.0946. The van der Waals surface area contributed by atoms with Gasteiger partial charge in [-0.25, -0.2) is 8.42 Å². The molecule has 1 heterocycles. The van der Waals surface area contributed by atoms with E-state index in [0.29, 0.717) is 25.8 Å². The Morgan fingerprint density at radius 1 is 1.43 bits per heavy atom. The maximum atomic E-state index is 12.7. The summed E-state index contributed by atoms with van der Waals surface area (Å²) < 4.78 is 26.7. The van der Waals surface area contributed by atoms with Gasteiger partial charge in [0.2, 0.25) is 10.0 Å². The monoisotopic (exact) mass is 311 g/mol. The van der Waals surface area contributed by atoms with Crippen molar-refractivity contribution < 1.29 is 18.3 Å². The van der Waals surface area contributed by atoms with Crippen molar-refractivity contribution in [2.45, 2.75) is 38.0 Å². The van der Waals surface area contributed by atoms with Crippen LogP contribution in [0.3, 0.4) is 0 Å². The number of piperidine rings is 1. The molecule has 1 aliphatic heterocycles. The Morgan fingerprint density at radius 3 is 2.71 bits per heavy atom. The number of nitrogens with zero attached hydrogens (tertiary/aromatic N) is 1. The number of carboxylic acid groups (broad SMARTS) is 1. The topological polar surface area (TPSA) is 74.7 Å². The van der Waals surface area contributed by atoms with Crippen molar-refractivity contribution in [2.24, 2.45) is 5.41 Å². The Kier molecular flexibility index (Phi) is 4.39. The molecule has 1 aliphatic rings. The van der Waals surface area contributed by atoms with Gasteiger partial charge in [0, 0.05) is 13.1 Å². The minimum atomic E-state index is -3.63. The Bertz CT molecular complexity index is 641. The number of aliphatic carboxylic acids is 1. The van der Waals surface area contributed by atoms with Gasteiger partial charge in [0.15, 0.2) is 0 Å². The van der Waals surface area contributed by atoms with E-state index in [4.69, 9.17) is 0 Å². The number of carboxylic acids is 1. The summed E-state index contributed by atoms with van der Waals surface area (Å²) >= 11 is 0. The summed E-state index contributed by atoms with van der Waals surface area (Å²) in [7, 11) is -3.63. The summed E-state index contributed by atoms with van der Waals surface area (Å²) in [5.74, 6) is -0.908. The van der Waals surface area contributed by atoms with Crippen LogP contribution in [0.5, 0.6) is 0 Å². The molecule has 6 heteroatoms. The average Bonchev–Trinajstić information content (AvgIpc) is 2.47. The Hall–Kier alpha value is -1.40. The second-order valence-electron chi connectivity index (χ2n) is 5.70. The van der Waals surface area contributed by atoms with Crippen molar-refractivity contribution in [2.75, 3.05) is 13.1 Å². The van der Waals surface area contributed by atoms with Crippen LogP contribution in [0.2, 0.25) is 0 Å². The molecule has 1 saturated heterocycles. The Balaban J connectivity index is 2.35. The molecule has 1 aromatic carbocycles. The highest BCUT2D eigenvalue weighted by Crippen LogP contribution is 2.36. The first-order valence-electron chi connectivity index (χ1n) is 7.12. The van der Waals surface area contributed by atoms with Gasteiger partial charge in [-0.3, -0.25) is 4.79 Å². The van der Waals surface area contributed by atoms with Gasteiger partial charge in [0.25, 0.3) is 0 Å². The summed E-state index contributed by atoms with van der Waals surface area (Å²) in [4.78, 5) is 11.8. The van der Waals surface area contributed by atoms with Crippen LogP contribution >= 0.6 is 0 Å². The lowest BCUT2D eigenvalue weighted by Gasteiger charge is -2.38. The van der Waals surface area contributed by atoms with E-state index in [0.717, 1.165) is 5.56 Å². The molecule has 0 aromatic heterocycles. The Morgan fingerprint density at radius 2 is 2.14 bits per heavy atom. The predicted molar refractivity (Wildman–Crippen MR) is 79.5 cm³/mol. The van der Waals surface area contributed by atoms with E-state index in [1.54, 1.807) is 25.1 Å². The van der Waals surface area contributed by atoms with Gasteiger partial charge in [-0.05, 0) is 43.9 Å². The third-order valence-electron chi connectivity index (χ3n) is 4.30. The van der Waals surface area contributed by atoms with Gasteiger partial charge in [-0.2, -0.15) is 4.31 Å². The molecule has 0 spiro atoms. The lowest BCUT2D eigenvalue weighted by atomic mass is 9.78. The molecule has 0 aliphatic carbocycles. The molecule has 1 unspecified atom stereocenters. The molecule has 5 nitrogen and oxygen atoms in total. The molecular weight excluding hydrogens is 290 g/mol. The van der Waals surface area contributed by atoms with Crippen molar-refractivity contribution >= 4 is 16.0 Å². The third-order valence-corrected chi connectivity index (χ3v) is 6.14. The fraction of sp³-hybridized carbons (Fsp3) is 0.533. The molecule has 21 heavy (non-hydrogen) atoms. The van der Waals surface area contributed by atoms with E-state index in [1.807, 2.05) is 13.0 Å².